The topological polar surface area (TPSA) is 29.3 Å². The van der Waals surface area contributed by atoms with Crippen molar-refractivity contribution < 1.29 is 4.39 Å². The van der Waals surface area contributed by atoms with Crippen molar-refractivity contribution in [1.82, 2.24) is 0 Å². The van der Waals surface area contributed by atoms with Gasteiger partial charge in [-0.1, -0.05) is 0 Å². The second-order valence-electron chi connectivity index (χ2n) is 4.36. The molecule has 1 aromatic carbocycles. The number of nitrogens with zero attached hydrogens (tertiary/aromatic N) is 1. The van der Waals surface area contributed by atoms with Gasteiger partial charge in [0.05, 0.1) is 0 Å². The van der Waals surface area contributed by atoms with Gasteiger partial charge < -0.3 is 10.6 Å². The zero-order chi connectivity index (χ0) is 13.0. The lowest BCUT2D eigenvalue weighted by atomic mass is 10.0. The highest BCUT2D eigenvalue weighted by molar-refractivity contribution is 7.98. The predicted molar refractivity (Wildman–Crippen MR) is 75.4 cm³/mol. The first kappa shape index (κ1) is 14.3. The Balaban J connectivity index is 3.07. The minimum absolute atomic E-state index is 0.156. The van der Waals surface area contributed by atoms with Crippen LogP contribution in [0, 0.1) is 12.7 Å². The van der Waals surface area contributed by atoms with Gasteiger partial charge in [-0.15, -0.1) is 0 Å². The van der Waals surface area contributed by atoms with Crippen LogP contribution >= 0.6 is 11.8 Å². The van der Waals surface area contributed by atoms with Crippen LogP contribution in [0.4, 0.5) is 10.1 Å². The molecule has 0 fully saturated rings. The molecule has 0 heterocycles. The number of benzene rings is 1. The van der Waals surface area contributed by atoms with Crippen molar-refractivity contribution in [2.45, 2.75) is 19.9 Å². The first-order valence-corrected chi connectivity index (χ1v) is 7.12. The number of hydrogen-bond acceptors (Lipinski definition) is 3. The maximum atomic E-state index is 13.6. The summed E-state index contributed by atoms with van der Waals surface area (Å²) >= 11 is 1.80. The fourth-order valence-electron chi connectivity index (χ4n) is 1.73. The molecule has 1 atom stereocenters. The molecule has 4 heteroatoms. The summed E-state index contributed by atoms with van der Waals surface area (Å²) in [7, 11) is 2.02. The second kappa shape index (κ2) is 6.26. The van der Waals surface area contributed by atoms with E-state index in [1.54, 1.807) is 24.8 Å². The van der Waals surface area contributed by atoms with E-state index in [0.717, 1.165) is 23.5 Å². The van der Waals surface area contributed by atoms with E-state index in [1.807, 2.05) is 20.0 Å². The third-order valence-corrected chi connectivity index (χ3v) is 3.43. The summed E-state index contributed by atoms with van der Waals surface area (Å²) in [5, 5.41) is 0. The predicted octanol–water partition coefficient (Wildman–Crippen LogP) is 2.95. The summed E-state index contributed by atoms with van der Waals surface area (Å²) in [6.07, 6.45) is 2.08. The summed E-state index contributed by atoms with van der Waals surface area (Å²) in [6.45, 7) is 4.61. The van der Waals surface area contributed by atoms with Gasteiger partial charge >= 0.3 is 0 Å². The molecule has 2 nitrogen and oxygen atoms in total. The number of hydrogen-bond donors (Lipinski definition) is 1. The molecular weight excluding hydrogens is 235 g/mol. The lowest BCUT2D eigenvalue weighted by Crippen LogP contribution is -2.23. The fourth-order valence-corrected chi connectivity index (χ4v) is 2.18. The minimum Gasteiger partial charge on any atom is -0.373 e. The number of rotatable bonds is 5. The van der Waals surface area contributed by atoms with Gasteiger partial charge in [-0.3, -0.25) is 0 Å². The maximum Gasteiger partial charge on any atom is 0.126 e. The zero-order valence-electron chi connectivity index (χ0n) is 11.0. The highest BCUT2D eigenvalue weighted by atomic mass is 32.2. The third-order valence-electron chi connectivity index (χ3n) is 2.84. The number of nitrogens with two attached hydrogens (primary N) is 1. The molecule has 1 aromatic rings. The molecule has 0 saturated heterocycles. The molecule has 17 heavy (non-hydrogen) atoms. The van der Waals surface area contributed by atoms with Crippen LogP contribution in [0.5, 0.6) is 0 Å². The largest absolute Gasteiger partial charge is 0.373 e. The van der Waals surface area contributed by atoms with Crippen LogP contribution in [0.15, 0.2) is 12.1 Å². The van der Waals surface area contributed by atoms with E-state index in [0.29, 0.717) is 5.56 Å². The average Bonchev–Trinajstić information content (AvgIpc) is 2.28. The van der Waals surface area contributed by atoms with Gasteiger partial charge in [-0.2, -0.15) is 11.8 Å². The van der Waals surface area contributed by atoms with Crippen LogP contribution in [-0.4, -0.2) is 25.6 Å². The number of halogens is 1. The SMILES string of the molecule is CSCCN(C)c1cc(C)c(F)cc1[C@H](C)N. The summed E-state index contributed by atoms with van der Waals surface area (Å²) in [5.74, 6) is 0.866. The Morgan fingerprint density at radius 2 is 2.12 bits per heavy atom. The number of aryl methyl sites for hydroxylation is 1. The molecule has 96 valence electrons. The normalized spacial score (nSPS) is 12.6. The van der Waals surface area contributed by atoms with Crippen molar-refractivity contribution in [2.24, 2.45) is 5.73 Å². The highest BCUT2D eigenvalue weighted by Gasteiger charge is 2.13. The van der Waals surface area contributed by atoms with Gasteiger partial charge in [0.2, 0.25) is 0 Å². The molecule has 0 spiro atoms. The lowest BCUT2D eigenvalue weighted by molar-refractivity contribution is 0.612. The van der Waals surface area contributed by atoms with Gasteiger partial charge in [0.15, 0.2) is 0 Å². The molecule has 0 aliphatic rings. The van der Waals surface area contributed by atoms with Crippen LogP contribution < -0.4 is 10.6 Å². The highest BCUT2D eigenvalue weighted by Crippen LogP contribution is 2.27. The Kier molecular flexibility index (Phi) is 5.28. The molecule has 0 bridgehead atoms. The van der Waals surface area contributed by atoms with E-state index in [9.17, 15) is 4.39 Å². The summed E-state index contributed by atoms with van der Waals surface area (Å²) in [4.78, 5) is 2.14. The smallest absolute Gasteiger partial charge is 0.126 e. The van der Waals surface area contributed by atoms with Crippen LogP contribution in [0.3, 0.4) is 0 Å². The summed E-state index contributed by atoms with van der Waals surface area (Å²) in [6, 6.07) is 3.29. The van der Waals surface area contributed by atoms with Gasteiger partial charge in [0.1, 0.15) is 5.82 Å². The Morgan fingerprint density at radius 1 is 1.47 bits per heavy atom. The standard InChI is InChI=1S/C13H21FN2S/c1-9-7-13(16(3)5-6-17-4)11(10(2)15)8-12(9)14/h7-8,10H,5-6,15H2,1-4H3/t10-/m0/s1. The molecule has 1 rings (SSSR count). The molecule has 0 amide bonds. The molecular formula is C13H21FN2S. The van der Waals surface area contributed by atoms with Gasteiger partial charge in [0, 0.05) is 31.1 Å². The van der Waals surface area contributed by atoms with Crippen molar-refractivity contribution in [3.63, 3.8) is 0 Å². The Labute approximate surface area is 107 Å². The van der Waals surface area contributed by atoms with Crippen molar-refractivity contribution in [1.29, 1.82) is 0 Å². The van der Waals surface area contributed by atoms with E-state index in [4.69, 9.17) is 5.73 Å². The Hall–Kier alpha value is -0.740. The van der Waals surface area contributed by atoms with Crippen molar-refractivity contribution in [3.8, 4) is 0 Å². The van der Waals surface area contributed by atoms with Gasteiger partial charge in [0.25, 0.3) is 0 Å². The van der Waals surface area contributed by atoms with Gasteiger partial charge in [-0.25, -0.2) is 4.39 Å². The molecule has 0 radical (unpaired) electrons. The van der Waals surface area contributed by atoms with Crippen molar-refractivity contribution in [3.05, 3.63) is 29.1 Å². The lowest BCUT2D eigenvalue weighted by Gasteiger charge is -2.24. The van der Waals surface area contributed by atoms with Crippen LogP contribution in [0.1, 0.15) is 24.1 Å². The molecule has 0 saturated carbocycles. The number of anilines is 1. The van der Waals surface area contributed by atoms with Crippen LogP contribution in [-0.2, 0) is 0 Å². The molecule has 0 unspecified atom stereocenters. The molecule has 2 N–H and O–H groups in total. The van der Waals surface area contributed by atoms with Crippen LogP contribution in [0.2, 0.25) is 0 Å². The first-order valence-electron chi connectivity index (χ1n) is 5.73. The van der Waals surface area contributed by atoms with Crippen molar-refractivity contribution in [2.75, 3.05) is 30.5 Å². The van der Waals surface area contributed by atoms with Crippen molar-refractivity contribution >= 4 is 17.4 Å². The summed E-state index contributed by atoms with van der Waals surface area (Å²) in [5.41, 5.74) is 8.48. The average molecular weight is 256 g/mol. The van der Waals surface area contributed by atoms with Gasteiger partial charge in [-0.05, 0) is 43.4 Å². The Bertz CT molecular complexity index is 380. The van der Waals surface area contributed by atoms with Crippen LogP contribution in [0.25, 0.3) is 0 Å². The van der Waals surface area contributed by atoms with E-state index < -0.39 is 0 Å². The monoisotopic (exact) mass is 256 g/mol. The zero-order valence-corrected chi connectivity index (χ0v) is 11.8. The quantitative estimate of drug-likeness (QED) is 0.878. The fraction of sp³-hybridized carbons (Fsp3) is 0.538. The minimum atomic E-state index is -0.181. The molecule has 0 aliphatic carbocycles. The van der Waals surface area contributed by atoms with E-state index in [1.165, 1.54) is 0 Å². The third kappa shape index (κ3) is 3.61. The maximum absolute atomic E-state index is 13.6. The summed E-state index contributed by atoms with van der Waals surface area (Å²) < 4.78 is 13.6. The molecule has 0 aliphatic heterocycles. The number of thioether (sulfide) groups is 1. The first-order chi connectivity index (χ1) is 7.97. The second-order valence-corrected chi connectivity index (χ2v) is 5.35. The van der Waals surface area contributed by atoms with E-state index >= 15 is 0 Å². The van der Waals surface area contributed by atoms with E-state index in [2.05, 4.69) is 11.2 Å². The Morgan fingerprint density at radius 3 is 2.65 bits per heavy atom. The molecule has 0 aromatic heterocycles. The van der Waals surface area contributed by atoms with E-state index in [-0.39, 0.29) is 11.9 Å².